The molecule has 1 aromatic rings. The number of ether oxygens (including phenoxy) is 1. The summed E-state index contributed by atoms with van der Waals surface area (Å²) in [6.45, 7) is 1.83. The Labute approximate surface area is 125 Å². The third-order valence-electron chi connectivity index (χ3n) is 4.20. The van der Waals surface area contributed by atoms with Gasteiger partial charge in [-0.1, -0.05) is 31.2 Å². The van der Waals surface area contributed by atoms with Crippen LogP contribution in [0.2, 0.25) is 0 Å². The molecule has 114 valence electrons. The molecule has 0 aliphatic heterocycles. The van der Waals surface area contributed by atoms with Gasteiger partial charge in [-0.05, 0) is 30.4 Å². The van der Waals surface area contributed by atoms with E-state index in [0.717, 1.165) is 24.0 Å². The van der Waals surface area contributed by atoms with Crippen molar-refractivity contribution in [3.63, 3.8) is 0 Å². The van der Waals surface area contributed by atoms with E-state index >= 15 is 0 Å². The van der Waals surface area contributed by atoms with E-state index in [9.17, 15) is 14.7 Å². The minimum atomic E-state index is -0.716. The van der Waals surface area contributed by atoms with Crippen LogP contribution in [-0.4, -0.2) is 24.0 Å². The number of Topliss-reactive ketones (excluding diaryl/α,β-unsaturated/α-hetero) is 1. The van der Waals surface area contributed by atoms with Crippen molar-refractivity contribution >= 4 is 11.8 Å². The number of aliphatic hydroxyl groups is 1. The zero-order chi connectivity index (χ0) is 15.4. The summed E-state index contributed by atoms with van der Waals surface area (Å²) in [4.78, 5) is 23.1. The molecular weight excluding hydrogens is 268 g/mol. The number of hydrogen-bond acceptors (Lipinski definition) is 4. The van der Waals surface area contributed by atoms with Crippen molar-refractivity contribution in [3.05, 3.63) is 35.4 Å². The van der Waals surface area contributed by atoms with Crippen molar-refractivity contribution < 1.29 is 19.4 Å². The Morgan fingerprint density at radius 3 is 2.57 bits per heavy atom. The summed E-state index contributed by atoms with van der Waals surface area (Å²) in [6.07, 6.45) is 2.10. The van der Waals surface area contributed by atoms with Gasteiger partial charge in [-0.15, -0.1) is 0 Å². The van der Waals surface area contributed by atoms with Gasteiger partial charge in [-0.2, -0.15) is 0 Å². The number of methoxy groups -OCH3 is 1. The highest BCUT2D eigenvalue weighted by molar-refractivity contribution is 5.83. The summed E-state index contributed by atoms with van der Waals surface area (Å²) in [5.41, 5.74) is 1.78. The molecule has 1 saturated carbocycles. The molecule has 1 fully saturated rings. The van der Waals surface area contributed by atoms with Crippen LogP contribution in [0.25, 0.3) is 0 Å². The van der Waals surface area contributed by atoms with Crippen molar-refractivity contribution in [1.29, 1.82) is 0 Å². The molecule has 1 aliphatic rings. The molecule has 0 saturated heterocycles. The van der Waals surface area contributed by atoms with Crippen LogP contribution >= 0.6 is 0 Å². The maximum absolute atomic E-state index is 11.7. The molecule has 4 heteroatoms. The fourth-order valence-corrected chi connectivity index (χ4v) is 2.90. The van der Waals surface area contributed by atoms with Gasteiger partial charge in [0.2, 0.25) is 0 Å². The molecule has 0 heterocycles. The lowest BCUT2D eigenvalue weighted by Gasteiger charge is -2.17. The summed E-state index contributed by atoms with van der Waals surface area (Å²) < 4.78 is 4.71. The lowest BCUT2D eigenvalue weighted by Crippen LogP contribution is -2.17. The molecule has 21 heavy (non-hydrogen) atoms. The van der Waals surface area contributed by atoms with Gasteiger partial charge in [0, 0.05) is 12.3 Å². The lowest BCUT2D eigenvalue weighted by molar-refractivity contribution is -0.144. The maximum Gasteiger partial charge on any atom is 0.308 e. The van der Waals surface area contributed by atoms with E-state index in [4.69, 9.17) is 4.74 Å². The molecule has 0 radical (unpaired) electrons. The first kappa shape index (κ1) is 15.7. The van der Waals surface area contributed by atoms with Gasteiger partial charge >= 0.3 is 5.97 Å². The van der Waals surface area contributed by atoms with Crippen LogP contribution in [0.4, 0.5) is 0 Å². The number of aliphatic hydroxyl groups excluding tert-OH is 1. The number of hydrogen-bond donors (Lipinski definition) is 1. The summed E-state index contributed by atoms with van der Waals surface area (Å²) in [7, 11) is 1.39. The topological polar surface area (TPSA) is 63.6 Å². The first-order valence-electron chi connectivity index (χ1n) is 7.40. The Bertz CT molecular complexity index is 506. The van der Waals surface area contributed by atoms with Crippen LogP contribution in [0.3, 0.4) is 0 Å². The van der Waals surface area contributed by atoms with Crippen LogP contribution < -0.4 is 0 Å². The summed E-state index contributed by atoms with van der Waals surface area (Å²) in [6, 6.07) is 7.49. The highest BCUT2D eigenvalue weighted by atomic mass is 16.5. The smallest absolute Gasteiger partial charge is 0.308 e. The zero-order valence-electron chi connectivity index (χ0n) is 12.5. The second-order valence-electron chi connectivity index (χ2n) is 5.78. The highest BCUT2D eigenvalue weighted by Gasteiger charge is 2.31. The van der Waals surface area contributed by atoms with Crippen molar-refractivity contribution in [1.82, 2.24) is 0 Å². The number of carbonyl (C=O) groups is 2. The molecule has 3 atom stereocenters. The maximum atomic E-state index is 11.7. The molecule has 0 spiro atoms. The van der Waals surface area contributed by atoms with Crippen LogP contribution in [-0.2, 0) is 20.7 Å². The molecule has 2 rings (SSSR count). The van der Waals surface area contributed by atoms with E-state index in [-0.39, 0.29) is 23.6 Å². The quantitative estimate of drug-likeness (QED) is 0.846. The Balaban J connectivity index is 2.01. The Kier molecular flexibility index (Phi) is 5.12. The van der Waals surface area contributed by atoms with E-state index in [0.29, 0.717) is 12.8 Å². The van der Waals surface area contributed by atoms with Crippen molar-refractivity contribution in [2.75, 3.05) is 7.11 Å². The Morgan fingerprint density at radius 1 is 1.38 bits per heavy atom. The fraction of sp³-hybridized carbons (Fsp3) is 0.529. The van der Waals surface area contributed by atoms with Crippen LogP contribution in [0.1, 0.15) is 43.4 Å². The zero-order valence-corrected chi connectivity index (χ0v) is 12.5. The summed E-state index contributed by atoms with van der Waals surface area (Å²) in [5.74, 6) is -0.520. The second-order valence-corrected chi connectivity index (χ2v) is 5.78. The van der Waals surface area contributed by atoms with Gasteiger partial charge < -0.3 is 9.84 Å². The SMILES string of the molecule is COC(=O)C(C)Cc1ccc(C(O)C2CCCC2=O)cc1. The van der Waals surface area contributed by atoms with E-state index in [1.807, 2.05) is 31.2 Å². The first-order valence-corrected chi connectivity index (χ1v) is 7.40. The van der Waals surface area contributed by atoms with E-state index in [1.54, 1.807) is 0 Å². The molecule has 3 unspecified atom stereocenters. The van der Waals surface area contributed by atoms with Crippen molar-refractivity contribution in [2.45, 2.75) is 38.7 Å². The second kappa shape index (κ2) is 6.85. The minimum absolute atomic E-state index is 0.158. The number of ketones is 1. The predicted molar refractivity (Wildman–Crippen MR) is 78.6 cm³/mol. The van der Waals surface area contributed by atoms with Gasteiger partial charge in [0.15, 0.2) is 0 Å². The van der Waals surface area contributed by atoms with E-state index < -0.39 is 6.10 Å². The van der Waals surface area contributed by atoms with Gasteiger partial charge in [-0.25, -0.2) is 0 Å². The molecule has 4 nitrogen and oxygen atoms in total. The molecule has 0 aromatic heterocycles. The van der Waals surface area contributed by atoms with Gasteiger partial charge in [0.1, 0.15) is 5.78 Å². The summed E-state index contributed by atoms with van der Waals surface area (Å²) in [5, 5.41) is 10.3. The largest absolute Gasteiger partial charge is 0.469 e. The third kappa shape index (κ3) is 3.70. The van der Waals surface area contributed by atoms with Gasteiger partial charge in [-0.3, -0.25) is 9.59 Å². The van der Waals surface area contributed by atoms with Gasteiger partial charge in [0.25, 0.3) is 0 Å². The molecular formula is C17H22O4. The highest BCUT2D eigenvalue weighted by Crippen LogP contribution is 2.33. The van der Waals surface area contributed by atoms with Crippen LogP contribution in [0.5, 0.6) is 0 Å². The van der Waals surface area contributed by atoms with Crippen molar-refractivity contribution in [3.8, 4) is 0 Å². The third-order valence-corrected chi connectivity index (χ3v) is 4.20. The average Bonchev–Trinajstić information content (AvgIpc) is 2.92. The fourth-order valence-electron chi connectivity index (χ4n) is 2.90. The number of esters is 1. The molecule has 1 N–H and O–H groups in total. The first-order chi connectivity index (χ1) is 10.0. The van der Waals surface area contributed by atoms with Gasteiger partial charge in [0.05, 0.1) is 19.1 Å². The Hall–Kier alpha value is -1.68. The number of benzene rings is 1. The predicted octanol–water partition coefficient (Wildman–Crippen LogP) is 2.44. The monoisotopic (exact) mass is 290 g/mol. The van der Waals surface area contributed by atoms with E-state index in [1.165, 1.54) is 7.11 Å². The normalized spacial score (nSPS) is 21.1. The number of carbonyl (C=O) groups excluding carboxylic acids is 2. The average molecular weight is 290 g/mol. The van der Waals surface area contributed by atoms with Crippen LogP contribution in [0.15, 0.2) is 24.3 Å². The van der Waals surface area contributed by atoms with Crippen molar-refractivity contribution in [2.24, 2.45) is 11.8 Å². The molecule has 0 bridgehead atoms. The standard InChI is InChI=1S/C17H22O4/c1-11(17(20)21-2)10-12-6-8-13(9-7-12)16(19)14-4-3-5-15(14)18/h6-9,11,14,16,19H,3-5,10H2,1-2H3. The Morgan fingerprint density at radius 2 is 2.05 bits per heavy atom. The van der Waals surface area contributed by atoms with Crippen LogP contribution in [0, 0.1) is 11.8 Å². The molecule has 0 amide bonds. The molecule has 1 aliphatic carbocycles. The lowest BCUT2D eigenvalue weighted by atomic mass is 9.92. The molecule has 1 aromatic carbocycles. The minimum Gasteiger partial charge on any atom is -0.469 e. The summed E-state index contributed by atoms with van der Waals surface area (Å²) >= 11 is 0. The van der Waals surface area contributed by atoms with E-state index in [2.05, 4.69) is 0 Å². The number of rotatable bonds is 5.